The summed E-state index contributed by atoms with van der Waals surface area (Å²) in [5.74, 6) is -0.0883. The standard InChI is InChI=1S/C14H20FN3O/c1-17-6-5-10(8-17)9-18(2)14(19)11-3-4-12(15)13(16)7-11/h3-4,7,10H,5-6,8-9,16H2,1-2H3. The van der Waals surface area contributed by atoms with E-state index in [9.17, 15) is 9.18 Å². The average Bonchev–Trinajstić information content (AvgIpc) is 2.77. The van der Waals surface area contributed by atoms with Crippen LogP contribution < -0.4 is 5.73 Å². The van der Waals surface area contributed by atoms with E-state index in [1.54, 1.807) is 11.9 Å². The Hall–Kier alpha value is -1.62. The van der Waals surface area contributed by atoms with Gasteiger partial charge in [0.05, 0.1) is 5.69 Å². The van der Waals surface area contributed by atoms with Gasteiger partial charge in [0.15, 0.2) is 0 Å². The van der Waals surface area contributed by atoms with E-state index in [0.717, 1.165) is 26.1 Å². The Morgan fingerprint density at radius 2 is 2.32 bits per heavy atom. The van der Waals surface area contributed by atoms with Gasteiger partial charge in [0, 0.05) is 25.7 Å². The summed E-state index contributed by atoms with van der Waals surface area (Å²) in [4.78, 5) is 16.2. The fraction of sp³-hybridized carbons (Fsp3) is 0.500. The number of likely N-dealkylation sites (tertiary alicyclic amines) is 1. The van der Waals surface area contributed by atoms with Crippen LogP contribution in [0.1, 0.15) is 16.8 Å². The monoisotopic (exact) mass is 265 g/mol. The smallest absolute Gasteiger partial charge is 0.253 e. The quantitative estimate of drug-likeness (QED) is 0.841. The van der Waals surface area contributed by atoms with Crippen molar-refractivity contribution in [2.45, 2.75) is 6.42 Å². The van der Waals surface area contributed by atoms with E-state index in [-0.39, 0.29) is 11.6 Å². The topological polar surface area (TPSA) is 49.6 Å². The molecule has 0 saturated carbocycles. The second-order valence-corrected chi connectivity index (χ2v) is 5.34. The van der Waals surface area contributed by atoms with Crippen molar-refractivity contribution >= 4 is 11.6 Å². The summed E-state index contributed by atoms with van der Waals surface area (Å²) in [5.41, 5.74) is 5.94. The fourth-order valence-electron chi connectivity index (χ4n) is 2.54. The van der Waals surface area contributed by atoms with Crippen molar-refractivity contribution < 1.29 is 9.18 Å². The highest BCUT2D eigenvalue weighted by molar-refractivity contribution is 5.94. The van der Waals surface area contributed by atoms with Crippen molar-refractivity contribution in [2.24, 2.45) is 5.92 Å². The minimum absolute atomic E-state index is 0.0137. The highest BCUT2D eigenvalue weighted by Crippen LogP contribution is 2.18. The van der Waals surface area contributed by atoms with Gasteiger partial charge in [-0.3, -0.25) is 4.79 Å². The Balaban J connectivity index is 2.00. The van der Waals surface area contributed by atoms with Gasteiger partial charge in [-0.25, -0.2) is 4.39 Å². The number of nitrogen functional groups attached to an aromatic ring is 1. The number of hydrogen-bond donors (Lipinski definition) is 1. The van der Waals surface area contributed by atoms with Crippen molar-refractivity contribution in [2.75, 3.05) is 39.5 Å². The highest BCUT2D eigenvalue weighted by Gasteiger charge is 2.23. The predicted molar refractivity (Wildman–Crippen MR) is 73.4 cm³/mol. The van der Waals surface area contributed by atoms with E-state index in [4.69, 9.17) is 5.73 Å². The molecule has 1 amide bonds. The lowest BCUT2D eigenvalue weighted by Crippen LogP contribution is -2.32. The lowest BCUT2D eigenvalue weighted by molar-refractivity contribution is 0.0774. The maximum Gasteiger partial charge on any atom is 0.253 e. The van der Waals surface area contributed by atoms with Gasteiger partial charge in [0.25, 0.3) is 5.91 Å². The molecule has 1 unspecified atom stereocenters. The van der Waals surface area contributed by atoms with Crippen LogP contribution in [0.2, 0.25) is 0 Å². The van der Waals surface area contributed by atoms with Gasteiger partial charge in [-0.2, -0.15) is 0 Å². The second kappa shape index (κ2) is 5.57. The van der Waals surface area contributed by atoms with E-state index in [0.29, 0.717) is 11.5 Å². The van der Waals surface area contributed by atoms with E-state index >= 15 is 0 Å². The number of nitrogens with zero attached hydrogens (tertiary/aromatic N) is 2. The Morgan fingerprint density at radius 1 is 1.58 bits per heavy atom. The molecule has 2 N–H and O–H groups in total. The van der Waals surface area contributed by atoms with Crippen molar-refractivity contribution in [1.82, 2.24) is 9.80 Å². The molecule has 1 aliphatic rings. The molecule has 1 aromatic rings. The number of benzene rings is 1. The summed E-state index contributed by atoms with van der Waals surface area (Å²) in [6.07, 6.45) is 1.11. The van der Waals surface area contributed by atoms with E-state index in [2.05, 4.69) is 11.9 Å². The summed E-state index contributed by atoms with van der Waals surface area (Å²) >= 11 is 0. The number of nitrogens with two attached hydrogens (primary N) is 1. The van der Waals surface area contributed by atoms with Gasteiger partial charge in [0.2, 0.25) is 0 Å². The number of hydrogen-bond acceptors (Lipinski definition) is 3. The minimum Gasteiger partial charge on any atom is -0.396 e. The molecule has 0 spiro atoms. The van der Waals surface area contributed by atoms with Crippen LogP contribution in [-0.4, -0.2) is 49.4 Å². The molecule has 0 bridgehead atoms. The average molecular weight is 265 g/mol. The van der Waals surface area contributed by atoms with Crippen LogP contribution in [0.15, 0.2) is 18.2 Å². The van der Waals surface area contributed by atoms with Crippen LogP contribution >= 0.6 is 0 Å². The molecule has 104 valence electrons. The van der Waals surface area contributed by atoms with Crippen LogP contribution in [-0.2, 0) is 0 Å². The summed E-state index contributed by atoms with van der Waals surface area (Å²) in [7, 11) is 3.86. The zero-order chi connectivity index (χ0) is 14.0. The second-order valence-electron chi connectivity index (χ2n) is 5.34. The maximum absolute atomic E-state index is 13.1. The molecule has 1 saturated heterocycles. The lowest BCUT2D eigenvalue weighted by Gasteiger charge is -2.21. The van der Waals surface area contributed by atoms with Crippen LogP contribution in [0.25, 0.3) is 0 Å². The van der Waals surface area contributed by atoms with Crippen molar-refractivity contribution in [1.29, 1.82) is 0 Å². The fourth-order valence-corrected chi connectivity index (χ4v) is 2.54. The molecule has 5 heteroatoms. The summed E-state index contributed by atoms with van der Waals surface area (Å²) < 4.78 is 13.1. The summed E-state index contributed by atoms with van der Waals surface area (Å²) in [6, 6.07) is 4.11. The molecular formula is C14H20FN3O. The van der Waals surface area contributed by atoms with Gasteiger partial charge in [-0.15, -0.1) is 0 Å². The van der Waals surface area contributed by atoms with E-state index < -0.39 is 5.82 Å². The zero-order valence-electron chi connectivity index (χ0n) is 11.4. The normalized spacial score (nSPS) is 19.6. The number of anilines is 1. The van der Waals surface area contributed by atoms with Gasteiger partial charge < -0.3 is 15.5 Å². The molecule has 1 aromatic carbocycles. The van der Waals surface area contributed by atoms with E-state index in [1.165, 1.54) is 18.2 Å². The van der Waals surface area contributed by atoms with Crippen LogP contribution in [0.5, 0.6) is 0 Å². The molecule has 1 atom stereocenters. The molecule has 0 aromatic heterocycles. The number of rotatable bonds is 3. The lowest BCUT2D eigenvalue weighted by atomic mass is 10.1. The molecule has 1 fully saturated rings. The third-order valence-electron chi connectivity index (χ3n) is 3.61. The molecule has 0 radical (unpaired) electrons. The number of amides is 1. The molecule has 2 rings (SSSR count). The Morgan fingerprint density at radius 3 is 2.89 bits per heavy atom. The molecule has 1 heterocycles. The van der Waals surface area contributed by atoms with Crippen molar-refractivity contribution in [3.63, 3.8) is 0 Å². The zero-order valence-corrected chi connectivity index (χ0v) is 11.4. The maximum atomic E-state index is 13.1. The minimum atomic E-state index is -0.489. The Bertz CT molecular complexity index is 478. The van der Waals surface area contributed by atoms with Gasteiger partial charge in [-0.05, 0) is 44.1 Å². The first-order chi connectivity index (χ1) is 8.97. The first-order valence-electron chi connectivity index (χ1n) is 6.46. The molecule has 19 heavy (non-hydrogen) atoms. The summed E-state index contributed by atoms with van der Waals surface area (Å²) in [5, 5.41) is 0. The SMILES string of the molecule is CN1CCC(CN(C)C(=O)c2ccc(F)c(N)c2)C1. The Labute approximate surface area is 113 Å². The third-order valence-corrected chi connectivity index (χ3v) is 3.61. The third kappa shape index (κ3) is 3.23. The number of halogens is 1. The van der Waals surface area contributed by atoms with Gasteiger partial charge in [-0.1, -0.05) is 0 Å². The predicted octanol–water partition coefficient (Wildman–Crippen LogP) is 1.43. The first kappa shape index (κ1) is 13.8. The molecule has 4 nitrogen and oxygen atoms in total. The van der Waals surface area contributed by atoms with Crippen LogP contribution in [0.4, 0.5) is 10.1 Å². The Kier molecular flexibility index (Phi) is 4.04. The van der Waals surface area contributed by atoms with Crippen molar-refractivity contribution in [3.8, 4) is 0 Å². The van der Waals surface area contributed by atoms with E-state index in [1.807, 2.05) is 0 Å². The number of carbonyl (C=O) groups is 1. The van der Waals surface area contributed by atoms with Crippen LogP contribution in [0.3, 0.4) is 0 Å². The largest absolute Gasteiger partial charge is 0.396 e. The molecule has 1 aliphatic heterocycles. The summed E-state index contributed by atoms with van der Waals surface area (Å²) in [6.45, 7) is 2.82. The van der Waals surface area contributed by atoms with Crippen molar-refractivity contribution in [3.05, 3.63) is 29.6 Å². The highest BCUT2D eigenvalue weighted by atomic mass is 19.1. The van der Waals surface area contributed by atoms with Crippen LogP contribution in [0, 0.1) is 11.7 Å². The first-order valence-corrected chi connectivity index (χ1v) is 6.46. The molecule has 0 aliphatic carbocycles. The molecular weight excluding hydrogens is 245 g/mol. The van der Waals surface area contributed by atoms with Gasteiger partial charge >= 0.3 is 0 Å². The van der Waals surface area contributed by atoms with Gasteiger partial charge in [0.1, 0.15) is 5.82 Å². The number of carbonyl (C=O) groups excluding carboxylic acids is 1.